The monoisotopic (exact) mass is 315 g/mol. The van der Waals surface area contributed by atoms with Gasteiger partial charge in [0.05, 0.1) is 0 Å². The van der Waals surface area contributed by atoms with Crippen molar-refractivity contribution in [1.82, 2.24) is 25.4 Å². The van der Waals surface area contributed by atoms with Crippen LogP contribution in [0.1, 0.15) is 12.0 Å². The Labute approximate surface area is 137 Å². The Morgan fingerprint density at radius 2 is 2.13 bits per heavy atom. The average Bonchev–Trinajstić information content (AvgIpc) is 3.07. The maximum Gasteiger partial charge on any atom is 0.191 e. The molecule has 0 aromatic carbocycles. The zero-order chi connectivity index (χ0) is 16.5. The van der Waals surface area contributed by atoms with Crippen LogP contribution in [0.25, 0.3) is 0 Å². The molecule has 0 radical (unpaired) electrons. The maximum atomic E-state index is 4.40. The lowest BCUT2D eigenvalue weighted by atomic mass is 10.2. The van der Waals surface area contributed by atoms with Crippen molar-refractivity contribution >= 4 is 11.8 Å². The lowest BCUT2D eigenvalue weighted by molar-refractivity contribution is 0.570. The third-order valence-electron chi connectivity index (χ3n) is 3.38. The normalized spacial score (nSPS) is 11.3. The summed E-state index contributed by atoms with van der Waals surface area (Å²) >= 11 is 0. The van der Waals surface area contributed by atoms with Crippen LogP contribution in [0.2, 0.25) is 0 Å². The van der Waals surface area contributed by atoms with Crippen LogP contribution in [0, 0.1) is 0 Å². The van der Waals surface area contributed by atoms with Gasteiger partial charge < -0.3 is 15.5 Å². The van der Waals surface area contributed by atoms with Crippen molar-refractivity contribution in [3.05, 3.63) is 42.4 Å². The minimum absolute atomic E-state index is 0.681. The summed E-state index contributed by atoms with van der Waals surface area (Å²) in [5, 5.41) is 10.8. The Morgan fingerprint density at radius 3 is 2.83 bits per heavy atom. The molecule has 7 nitrogen and oxygen atoms in total. The van der Waals surface area contributed by atoms with Crippen molar-refractivity contribution in [1.29, 1.82) is 0 Å². The second kappa shape index (κ2) is 8.77. The number of hydrogen-bond donors (Lipinski definition) is 2. The molecule has 2 aromatic rings. The van der Waals surface area contributed by atoms with Crippen molar-refractivity contribution in [3.63, 3.8) is 0 Å². The first-order valence-corrected chi connectivity index (χ1v) is 7.74. The Balaban J connectivity index is 1.77. The van der Waals surface area contributed by atoms with Crippen LogP contribution in [0.3, 0.4) is 0 Å². The van der Waals surface area contributed by atoms with E-state index < -0.39 is 0 Å². The van der Waals surface area contributed by atoms with Gasteiger partial charge in [-0.15, -0.1) is 0 Å². The minimum Gasteiger partial charge on any atom is -0.362 e. The summed E-state index contributed by atoms with van der Waals surface area (Å²) < 4.78 is 1.93. The third-order valence-corrected chi connectivity index (χ3v) is 3.38. The predicted molar refractivity (Wildman–Crippen MR) is 93.6 cm³/mol. The summed E-state index contributed by atoms with van der Waals surface area (Å²) in [7, 11) is 5.77. The number of nitrogens with one attached hydrogen (secondary N) is 2. The van der Waals surface area contributed by atoms with E-state index in [0.29, 0.717) is 6.54 Å². The summed E-state index contributed by atoms with van der Waals surface area (Å²) in [5.41, 5.74) is 1.14. The fourth-order valence-electron chi connectivity index (χ4n) is 2.25. The van der Waals surface area contributed by atoms with Crippen molar-refractivity contribution in [2.75, 3.05) is 32.6 Å². The number of nitrogens with zero attached hydrogens (tertiary/aromatic N) is 5. The maximum absolute atomic E-state index is 4.40. The number of aliphatic imine (C=N–C) groups is 1. The summed E-state index contributed by atoms with van der Waals surface area (Å²) in [5.74, 6) is 1.76. The average molecular weight is 315 g/mol. The van der Waals surface area contributed by atoms with E-state index in [2.05, 4.69) is 31.8 Å². The smallest absolute Gasteiger partial charge is 0.191 e. The quantitative estimate of drug-likeness (QED) is 0.455. The van der Waals surface area contributed by atoms with Gasteiger partial charge in [-0.2, -0.15) is 5.10 Å². The summed E-state index contributed by atoms with van der Waals surface area (Å²) in [4.78, 5) is 10.7. The SMILES string of the molecule is CN=C(NCCCn1cccn1)NCc1cccnc1N(C)C. The van der Waals surface area contributed by atoms with E-state index in [1.807, 2.05) is 42.0 Å². The number of guanidine groups is 1. The van der Waals surface area contributed by atoms with E-state index in [0.717, 1.165) is 36.9 Å². The molecule has 7 heteroatoms. The highest BCUT2D eigenvalue weighted by atomic mass is 15.3. The van der Waals surface area contributed by atoms with E-state index >= 15 is 0 Å². The van der Waals surface area contributed by atoms with Crippen LogP contribution >= 0.6 is 0 Å². The van der Waals surface area contributed by atoms with Crippen molar-refractivity contribution in [2.45, 2.75) is 19.5 Å². The standard InChI is InChI=1S/C16H25N7/c1-17-16(19-9-5-11-23-12-6-10-21-23)20-13-14-7-4-8-18-15(14)22(2)3/h4,6-8,10,12H,5,9,11,13H2,1-3H3,(H2,17,19,20). The molecule has 0 aliphatic heterocycles. The first-order valence-electron chi connectivity index (χ1n) is 7.74. The molecule has 0 atom stereocenters. The number of anilines is 1. The van der Waals surface area contributed by atoms with Crippen molar-refractivity contribution in [3.8, 4) is 0 Å². The largest absolute Gasteiger partial charge is 0.362 e. The molecule has 2 aromatic heterocycles. The fraction of sp³-hybridized carbons (Fsp3) is 0.438. The molecule has 124 valence electrons. The Bertz CT molecular complexity index is 605. The minimum atomic E-state index is 0.681. The number of hydrogen-bond acceptors (Lipinski definition) is 4. The van der Waals surface area contributed by atoms with Gasteiger partial charge in [-0.3, -0.25) is 9.67 Å². The van der Waals surface area contributed by atoms with Gasteiger partial charge in [-0.1, -0.05) is 6.07 Å². The molecule has 0 unspecified atom stereocenters. The summed E-state index contributed by atoms with van der Waals surface area (Å²) in [6.07, 6.45) is 6.56. The second-order valence-electron chi connectivity index (χ2n) is 5.36. The molecule has 0 aliphatic rings. The molecule has 2 rings (SSSR count). The van der Waals surface area contributed by atoms with Crippen molar-refractivity contribution < 1.29 is 0 Å². The van der Waals surface area contributed by atoms with Gasteiger partial charge >= 0.3 is 0 Å². The van der Waals surface area contributed by atoms with Crippen LogP contribution < -0.4 is 15.5 Å². The molecular weight excluding hydrogens is 290 g/mol. The Hall–Kier alpha value is -2.57. The summed E-state index contributed by atoms with van der Waals surface area (Å²) in [6.45, 7) is 2.41. The summed E-state index contributed by atoms with van der Waals surface area (Å²) in [6, 6.07) is 5.95. The highest BCUT2D eigenvalue weighted by Gasteiger charge is 2.06. The molecule has 0 fully saturated rings. The topological polar surface area (TPSA) is 70.4 Å². The van der Waals surface area contributed by atoms with Gasteiger partial charge in [-0.25, -0.2) is 4.98 Å². The van der Waals surface area contributed by atoms with Crippen LogP contribution in [-0.4, -0.2) is 48.4 Å². The first-order chi connectivity index (χ1) is 11.2. The fourth-order valence-corrected chi connectivity index (χ4v) is 2.25. The highest BCUT2D eigenvalue weighted by molar-refractivity contribution is 5.79. The van der Waals surface area contributed by atoms with E-state index in [1.54, 1.807) is 19.4 Å². The number of pyridine rings is 1. The predicted octanol–water partition coefficient (Wildman–Crippen LogP) is 1.10. The van der Waals surface area contributed by atoms with Gasteiger partial charge in [0.15, 0.2) is 5.96 Å². The van der Waals surface area contributed by atoms with Gasteiger partial charge in [0.25, 0.3) is 0 Å². The zero-order valence-electron chi connectivity index (χ0n) is 14.0. The van der Waals surface area contributed by atoms with Crippen LogP contribution in [-0.2, 0) is 13.1 Å². The van der Waals surface area contributed by atoms with Crippen LogP contribution in [0.4, 0.5) is 5.82 Å². The number of aromatic nitrogens is 3. The first kappa shape index (κ1) is 16.8. The van der Waals surface area contributed by atoms with E-state index in [-0.39, 0.29) is 0 Å². The third kappa shape index (κ3) is 5.28. The Kier molecular flexibility index (Phi) is 6.40. The highest BCUT2D eigenvalue weighted by Crippen LogP contribution is 2.13. The van der Waals surface area contributed by atoms with Crippen LogP contribution in [0.5, 0.6) is 0 Å². The van der Waals surface area contributed by atoms with E-state index in [4.69, 9.17) is 0 Å². The molecule has 0 saturated carbocycles. The van der Waals surface area contributed by atoms with Gasteiger partial charge in [-0.05, 0) is 18.6 Å². The van der Waals surface area contributed by atoms with E-state index in [1.165, 1.54) is 0 Å². The zero-order valence-corrected chi connectivity index (χ0v) is 14.0. The lowest BCUT2D eigenvalue weighted by Crippen LogP contribution is -2.37. The second-order valence-corrected chi connectivity index (χ2v) is 5.36. The molecule has 2 heterocycles. The molecule has 0 spiro atoms. The molecule has 23 heavy (non-hydrogen) atoms. The van der Waals surface area contributed by atoms with Gasteiger partial charge in [0.2, 0.25) is 0 Å². The van der Waals surface area contributed by atoms with Crippen molar-refractivity contribution in [2.24, 2.45) is 4.99 Å². The van der Waals surface area contributed by atoms with Gasteiger partial charge in [0.1, 0.15) is 5.82 Å². The Morgan fingerprint density at radius 1 is 1.26 bits per heavy atom. The molecule has 0 bridgehead atoms. The van der Waals surface area contributed by atoms with Gasteiger partial charge in [0, 0.05) is 64.9 Å². The van der Waals surface area contributed by atoms with E-state index in [9.17, 15) is 0 Å². The molecule has 0 aliphatic carbocycles. The molecule has 2 N–H and O–H groups in total. The number of rotatable bonds is 7. The number of aryl methyl sites for hydroxylation is 1. The lowest BCUT2D eigenvalue weighted by Gasteiger charge is -2.17. The molecule has 0 amide bonds. The molecular formula is C16H25N7. The molecule has 0 saturated heterocycles. The van der Waals surface area contributed by atoms with Crippen LogP contribution in [0.15, 0.2) is 41.8 Å².